The number of carbonyl (C=O) groups is 1. The number of hydrogen-bond donors (Lipinski definition) is 1. The smallest absolute Gasteiger partial charge is 0.276 e. The van der Waals surface area contributed by atoms with Gasteiger partial charge in [-0.25, -0.2) is 9.07 Å². The first-order chi connectivity index (χ1) is 12.0. The van der Waals surface area contributed by atoms with Crippen LogP contribution in [0.5, 0.6) is 0 Å². The monoisotopic (exact) mass is 345 g/mol. The predicted octanol–water partition coefficient (Wildman–Crippen LogP) is 1.98. The lowest BCUT2D eigenvalue weighted by Crippen LogP contribution is -2.43. The highest BCUT2D eigenvalue weighted by atomic mass is 19.1. The van der Waals surface area contributed by atoms with E-state index >= 15 is 0 Å². The van der Waals surface area contributed by atoms with Crippen LogP contribution in [-0.4, -0.2) is 34.4 Å². The summed E-state index contributed by atoms with van der Waals surface area (Å²) in [7, 11) is 0. The van der Waals surface area contributed by atoms with Gasteiger partial charge in [0.1, 0.15) is 11.5 Å². The largest absolute Gasteiger partial charge is 0.376 e. The van der Waals surface area contributed by atoms with E-state index in [-0.39, 0.29) is 23.5 Å². The van der Waals surface area contributed by atoms with Crippen LogP contribution in [0.1, 0.15) is 35.9 Å². The van der Waals surface area contributed by atoms with E-state index in [1.54, 1.807) is 19.1 Å². The van der Waals surface area contributed by atoms with E-state index in [4.69, 9.17) is 4.74 Å². The summed E-state index contributed by atoms with van der Waals surface area (Å²) in [6.07, 6.45) is 1.75. The first kappa shape index (κ1) is 17.3. The van der Waals surface area contributed by atoms with Crippen LogP contribution in [0.25, 0.3) is 5.69 Å². The fourth-order valence-corrected chi connectivity index (χ4v) is 2.94. The Morgan fingerprint density at radius 3 is 2.88 bits per heavy atom. The van der Waals surface area contributed by atoms with E-state index in [1.165, 1.54) is 22.9 Å². The maximum atomic E-state index is 14.0. The van der Waals surface area contributed by atoms with Gasteiger partial charge in [0, 0.05) is 18.4 Å². The molecule has 1 amide bonds. The molecule has 3 rings (SSSR count). The second-order valence-corrected chi connectivity index (χ2v) is 6.18. The molecule has 1 N–H and O–H groups in total. The lowest BCUT2D eigenvalue weighted by molar-refractivity contribution is 0.0708. The molecule has 1 aromatic carbocycles. The Hall–Kier alpha value is -2.54. The van der Waals surface area contributed by atoms with E-state index in [1.807, 2.05) is 6.92 Å². The average Bonchev–Trinajstić information content (AvgIpc) is 3.10. The van der Waals surface area contributed by atoms with Crippen molar-refractivity contribution in [1.82, 2.24) is 15.1 Å². The first-order valence-electron chi connectivity index (χ1n) is 8.25. The minimum Gasteiger partial charge on any atom is -0.376 e. The van der Waals surface area contributed by atoms with Crippen LogP contribution in [0.3, 0.4) is 0 Å². The van der Waals surface area contributed by atoms with Gasteiger partial charge < -0.3 is 10.1 Å². The molecule has 2 atom stereocenters. The van der Waals surface area contributed by atoms with Crippen LogP contribution >= 0.6 is 0 Å². The number of aryl methyl sites for hydroxylation is 1. The van der Waals surface area contributed by atoms with Crippen LogP contribution < -0.4 is 10.7 Å². The molecule has 1 aliphatic rings. The highest BCUT2D eigenvalue weighted by Gasteiger charge is 2.25. The maximum Gasteiger partial charge on any atom is 0.276 e. The average molecular weight is 345 g/mol. The number of ether oxygens (including phenoxy) is 1. The predicted molar refractivity (Wildman–Crippen MR) is 90.4 cm³/mol. The van der Waals surface area contributed by atoms with Gasteiger partial charge in [0.05, 0.1) is 12.1 Å². The molecule has 0 aliphatic carbocycles. The number of carbonyl (C=O) groups excluding carboxylic acids is 1. The Morgan fingerprint density at radius 1 is 1.44 bits per heavy atom. The molecule has 0 bridgehead atoms. The molecule has 1 fully saturated rings. The van der Waals surface area contributed by atoms with Gasteiger partial charge in [-0.2, -0.15) is 5.10 Å². The SMILES string of the molecule is Cc1cc(=O)c(C(=O)N[C@H](C)[C@@H]2CCCO2)nn1-c1ccccc1F. The van der Waals surface area contributed by atoms with Crippen LogP contribution in [0.15, 0.2) is 35.1 Å². The summed E-state index contributed by atoms with van der Waals surface area (Å²) < 4.78 is 20.9. The Kier molecular flexibility index (Phi) is 4.94. The number of nitrogens with one attached hydrogen (secondary N) is 1. The molecule has 0 unspecified atom stereocenters. The Morgan fingerprint density at radius 2 is 2.20 bits per heavy atom. The van der Waals surface area contributed by atoms with Crippen molar-refractivity contribution in [3.8, 4) is 5.69 Å². The van der Waals surface area contributed by atoms with Gasteiger partial charge in [-0.05, 0) is 38.8 Å². The van der Waals surface area contributed by atoms with Gasteiger partial charge in [-0.15, -0.1) is 0 Å². The van der Waals surface area contributed by atoms with Crippen molar-refractivity contribution in [2.45, 2.75) is 38.8 Å². The van der Waals surface area contributed by atoms with Crippen LogP contribution in [-0.2, 0) is 4.74 Å². The number of nitrogens with zero attached hydrogens (tertiary/aromatic N) is 2. The van der Waals surface area contributed by atoms with Gasteiger partial charge in [0.15, 0.2) is 5.69 Å². The van der Waals surface area contributed by atoms with Crippen molar-refractivity contribution in [2.75, 3.05) is 6.61 Å². The topological polar surface area (TPSA) is 73.2 Å². The maximum absolute atomic E-state index is 14.0. The van der Waals surface area contributed by atoms with Crippen molar-refractivity contribution in [3.63, 3.8) is 0 Å². The van der Waals surface area contributed by atoms with Gasteiger partial charge in [0.2, 0.25) is 5.43 Å². The summed E-state index contributed by atoms with van der Waals surface area (Å²) in [5, 5.41) is 6.85. The Bertz CT molecular complexity index is 844. The number of rotatable bonds is 4. The lowest BCUT2D eigenvalue weighted by Gasteiger charge is -2.20. The molecule has 0 radical (unpaired) electrons. The molecule has 1 saturated heterocycles. The molecule has 7 heteroatoms. The molecule has 1 aliphatic heterocycles. The molecule has 132 valence electrons. The Labute approximate surface area is 144 Å². The molecule has 6 nitrogen and oxygen atoms in total. The normalized spacial score (nSPS) is 18.1. The van der Waals surface area contributed by atoms with Gasteiger partial charge >= 0.3 is 0 Å². The molecular formula is C18H20FN3O3. The summed E-state index contributed by atoms with van der Waals surface area (Å²) >= 11 is 0. The number of halogens is 1. The van der Waals surface area contributed by atoms with Crippen molar-refractivity contribution in [2.24, 2.45) is 0 Å². The molecule has 2 heterocycles. The van der Waals surface area contributed by atoms with E-state index < -0.39 is 17.2 Å². The summed E-state index contributed by atoms with van der Waals surface area (Å²) in [6.45, 7) is 4.14. The van der Waals surface area contributed by atoms with Crippen molar-refractivity contribution >= 4 is 5.91 Å². The molecular weight excluding hydrogens is 325 g/mol. The summed E-state index contributed by atoms with van der Waals surface area (Å²) in [6, 6.07) is 7.11. The highest BCUT2D eigenvalue weighted by Crippen LogP contribution is 2.16. The number of aromatic nitrogens is 2. The van der Waals surface area contributed by atoms with Crippen LogP contribution in [0.4, 0.5) is 4.39 Å². The third-order valence-electron chi connectivity index (χ3n) is 4.28. The third-order valence-corrected chi connectivity index (χ3v) is 4.28. The molecule has 25 heavy (non-hydrogen) atoms. The third kappa shape index (κ3) is 3.61. The summed E-state index contributed by atoms with van der Waals surface area (Å²) in [5.74, 6) is -1.07. The van der Waals surface area contributed by atoms with Crippen LogP contribution in [0.2, 0.25) is 0 Å². The molecule has 1 aromatic heterocycles. The minimum absolute atomic E-state index is 0.0665. The minimum atomic E-state index is -0.585. The quantitative estimate of drug-likeness (QED) is 0.920. The van der Waals surface area contributed by atoms with Crippen molar-refractivity contribution < 1.29 is 13.9 Å². The van der Waals surface area contributed by atoms with E-state index in [0.717, 1.165) is 12.8 Å². The van der Waals surface area contributed by atoms with Gasteiger partial charge in [0.25, 0.3) is 5.91 Å². The van der Waals surface area contributed by atoms with Crippen molar-refractivity contribution in [1.29, 1.82) is 0 Å². The van der Waals surface area contributed by atoms with Crippen molar-refractivity contribution in [3.05, 3.63) is 57.8 Å². The highest BCUT2D eigenvalue weighted by molar-refractivity contribution is 5.92. The number of amides is 1. The fourth-order valence-electron chi connectivity index (χ4n) is 2.94. The van der Waals surface area contributed by atoms with Crippen LogP contribution in [0, 0.1) is 12.7 Å². The molecule has 2 aromatic rings. The van der Waals surface area contributed by atoms with E-state index in [0.29, 0.717) is 12.3 Å². The number of para-hydroxylation sites is 1. The summed E-state index contributed by atoms with van der Waals surface area (Å²) in [4.78, 5) is 24.7. The lowest BCUT2D eigenvalue weighted by atomic mass is 10.1. The summed E-state index contributed by atoms with van der Waals surface area (Å²) in [5.41, 5.74) is -0.138. The zero-order valence-corrected chi connectivity index (χ0v) is 14.2. The zero-order valence-electron chi connectivity index (χ0n) is 14.2. The number of benzene rings is 1. The van der Waals surface area contributed by atoms with E-state index in [9.17, 15) is 14.0 Å². The molecule has 0 saturated carbocycles. The van der Waals surface area contributed by atoms with Gasteiger partial charge in [-0.3, -0.25) is 9.59 Å². The zero-order chi connectivity index (χ0) is 18.0. The van der Waals surface area contributed by atoms with E-state index in [2.05, 4.69) is 10.4 Å². The molecule has 0 spiro atoms. The second-order valence-electron chi connectivity index (χ2n) is 6.18. The first-order valence-corrected chi connectivity index (χ1v) is 8.25. The Balaban J connectivity index is 1.91. The fraction of sp³-hybridized carbons (Fsp3) is 0.389. The number of hydrogen-bond acceptors (Lipinski definition) is 4. The van der Waals surface area contributed by atoms with Gasteiger partial charge in [-0.1, -0.05) is 12.1 Å². The second kappa shape index (κ2) is 7.14. The standard InChI is InChI=1S/C18H20FN3O3/c1-11-10-15(23)17(18(24)20-12(2)16-8-5-9-25-16)21-22(11)14-7-4-3-6-13(14)19/h3-4,6-7,10,12,16H,5,8-9H2,1-2H3,(H,20,24)/t12-,16+/m1/s1.